The molecule has 0 spiro atoms. The second-order valence-electron chi connectivity index (χ2n) is 4.37. The number of phenols is 1. The van der Waals surface area contributed by atoms with Crippen molar-refractivity contribution in [3.05, 3.63) is 65.5 Å². The van der Waals surface area contributed by atoms with Crippen LogP contribution in [0.2, 0.25) is 0 Å². The van der Waals surface area contributed by atoms with Crippen molar-refractivity contribution in [1.29, 1.82) is 0 Å². The summed E-state index contributed by atoms with van der Waals surface area (Å²) in [5.74, 6) is -0.447. The molecule has 0 atom stereocenters. The average Bonchev–Trinajstić information content (AvgIpc) is 2.41. The zero-order chi connectivity index (χ0) is 14.5. The van der Waals surface area contributed by atoms with E-state index >= 15 is 0 Å². The number of carbonyl (C=O) groups is 1. The van der Waals surface area contributed by atoms with Crippen LogP contribution in [0.5, 0.6) is 5.75 Å². The van der Waals surface area contributed by atoms with Crippen molar-refractivity contribution >= 4 is 17.7 Å². The van der Waals surface area contributed by atoms with Crippen LogP contribution in [0.25, 0.3) is 6.08 Å². The van der Waals surface area contributed by atoms with Crippen LogP contribution < -0.4 is 5.32 Å². The van der Waals surface area contributed by atoms with Gasteiger partial charge in [0.15, 0.2) is 0 Å². The predicted molar refractivity (Wildman–Crippen MR) is 76.9 cm³/mol. The predicted octanol–water partition coefficient (Wildman–Crippen LogP) is 3.49. The summed E-state index contributed by atoms with van der Waals surface area (Å²) in [6.07, 6.45) is 2.98. The van der Waals surface area contributed by atoms with E-state index < -0.39 is 0 Å². The number of rotatable bonds is 3. The Kier molecular flexibility index (Phi) is 4.15. The molecule has 2 rings (SSSR count). The monoisotopic (exact) mass is 271 g/mol. The molecule has 2 N–H and O–H groups in total. The molecule has 0 heterocycles. The number of aryl methyl sites for hydroxylation is 1. The molecule has 2 aromatic carbocycles. The summed E-state index contributed by atoms with van der Waals surface area (Å²) in [6.45, 7) is 1.79. The van der Waals surface area contributed by atoms with Gasteiger partial charge in [-0.25, -0.2) is 4.39 Å². The second-order valence-corrected chi connectivity index (χ2v) is 4.37. The lowest BCUT2D eigenvalue weighted by atomic mass is 10.2. The molecule has 0 aliphatic heterocycles. The molecule has 1 amide bonds. The lowest BCUT2D eigenvalue weighted by Crippen LogP contribution is -2.08. The Morgan fingerprint density at radius 1 is 1.20 bits per heavy atom. The van der Waals surface area contributed by atoms with E-state index in [1.54, 1.807) is 37.3 Å². The smallest absolute Gasteiger partial charge is 0.248 e. The highest BCUT2D eigenvalue weighted by Crippen LogP contribution is 2.20. The van der Waals surface area contributed by atoms with Crippen molar-refractivity contribution in [3.63, 3.8) is 0 Å². The Bertz CT molecular complexity index is 648. The van der Waals surface area contributed by atoms with E-state index in [2.05, 4.69) is 5.32 Å². The highest BCUT2D eigenvalue weighted by Gasteiger charge is 2.02. The number of amides is 1. The molecular formula is C16H14FNO2. The number of hydrogen-bond donors (Lipinski definition) is 2. The first kappa shape index (κ1) is 13.8. The van der Waals surface area contributed by atoms with Gasteiger partial charge >= 0.3 is 0 Å². The van der Waals surface area contributed by atoms with Crippen LogP contribution in [0, 0.1) is 12.7 Å². The van der Waals surface area contributed by atoms with E-state index in [1.165, 1.54) is 24.3 Å². The first-order valence-corrected chi connectivity index (χ1v) is 6.09. The third kappa shape index (κ3) is 3.68. The van der Waals surface area contributed by atoms with Gasteiger partial charge < -0.3 is 10.4 Å². The van der Waals surface area contributed by atoms with Crippen molar-refractivity contribution in [2.24, 2.45) is 0 Å². The summed E-state index contributed by atoms with van der Waals surface area (Å²) < 4.78 is 12.7. The summed E-state index contributed by atoms with van der Waals surface area (Å²) >= 11 is 0. The van der Waals surface area contributed by atoms with Crippen LogP contribution in [0.3, 0.4) is 0 Å². The van der Waals surface area contributed by atoms with E-state index in [1.807, 2.05) is 0 Å². The molecule has 20 heavy (non-hydrogen) atoms. The minimum Gasteiger partial charge on any atom is -0.508 e. The Balaban J connectivity index is 2.03. The van der Waals surface area contributed by atoms with Crippen LogP contribution in [-0.2, 0) is 4.79 Å². The number of aromatic hydroxyl groups is 1. The maximum Gasteiger partial charge on any atom is 0.248 e. The third-order valence-corrected chi connectivity index (χ3v) is 2.77. The molecule has 0 fully saturated rings. The fraction of sp³-hybridized carbons (Fsp3) is 0.0625. The van der Waals surface area contributed by atoms with Crippen LogP contribution >= 0.6 is 0 Å². The number of nitrogens with one attached hydrogen (secondary N) is 1. The quantitative estimate of drug-likeness (QED) is 0.663. The number of halogens is 1. The van der Waals surface area contributed by atoms with Gasteiger partial charge in [0.2, 0.25) is 5.91 Å². The van der Waals surface area contributed by atoms with Crippen LogP contribution in [0.4, 0.5) is 10.1 Å². The lowest BCUT2D eigenvalue weighted by molar-refractivity contribution is -0.111. The van der Waals surface area contributed by atoms with Crippen molar-refractivity contribution in [2.75, 3.05) is 5.32 Å². The van der Waals surface area contributed by atoms with Crippen molar-refractivity contribution in [2.45, 2.75) is 6.92 Å². The van der Waals surface area contributed by atoms with Crippen LogP contribution in [0.1, 0.15) is 11.1 Å². The minimum absolute atomic E-state index is 0.155. The highest BCUT2D eigenvalue weighted by molar-refractivity contribution is 6.02. The van der Waals surface area contributed by atoms with Gasteiger partial charge in [-0.3, -0.25) is 4.79 Å². The standard InChI is InChI=1S/C16H14FNO2/c1-11-10-14(19)7-8-15(11)18-16(20)9-4-12-2-5-13(17)6-3-12/h2-10,19H,1H3,(H,18,20)/b9-4+. The Morgan fingerprint density at radius 3 is 2.55 bits per heavy atom. The van der Waals surface area contributed by atoms with Crippen LogP contribution in [-0.4, -0.2) is 11.0 Å². The van der Waals surface area contributed by atoms with Gasteiger partial charge in [-0.15, -0.1) is 0 Å². The van der Waals surface area contributed by atoms with Gasteiger partial charge in [-0.2, -0.15) is 0 Å². The van der Waals surface area contributed by atoms with Gasteiger partial charge in [0, 0.05) is 11.8 Å². The van der Waals surface area contributed by atoms with Gasteiger partial charge in [-0.05, 0) is 54.5 Å². The topological polar surface area (TPSA) is 49.3 Å². The van der Waals surface area contributed by atoms with Crippen molar-refractivity contribution in [3.8, 4) is 5.75 Å². The molecule has 0 aliphatic rings. The molecule has 0 bridgehead atoms. The number of carbonyl (C=O) groups excluding carboxylic acids is 1. The normalized spacial score (nSPS) is 10.7. The van der Waals surface area contributed by atoms with Crippen LogP contribution in [0.15, 0.2) is 48.5 Å². The zero-order valence-electron chi connectivity index (χ0n) is 10.9. The molecule has 2 aromatic rings. The van der Waals surface area contributed by atoms with Gasteiger partial charge in [0.1, 0.15) is 11.6 Å². The third-order valence-electron chi connectivity index (χ3n) is 2.77. The molecule has 0 radical (unpaired) electrons. The fourth-order valence-corrected chi connectivity index (χ4v) is 1.71. The maximum absolute atomic E-state index is 12.7. The minimum atomic E-state index is -0.314. The Hall–Kier alpha value is -2.62. The van der Waals surface area contributed by atoms with E-state index in [-0.39, 0.29) is 17.5 Å². The highest BCUT2D eigenvalue weighted by atomic mass is 19.1. The number of hydrogen-bond acceptors (Lipinski definition) is 2. The molecular weight excluding hydrogens is 257 g/mol. The zero-order valence-corrected chi connectivity index (χ0v) is 10.9. The molecule has 0 saturated carbocycles. The van der Waals surface area contributed by atoms with E-state index in [0.29, 0.717) is 5.69 Å². The summed E-state index contributed by atoms with van der Waals surface area (Å²) in [5.41, 5.74) is 2.15. The van der Waals surface area contributed by atoms with Gasteiger partial charge in [0.05, 0.1) is 0 Å². The molecule has 0 aliphatic carbocycles. The average molecular weight is 271 g/mol. The first-order chi connectivity index (χ1) is 9.54. The van der Waals surface area contributed by atoms with Gasteiger partial charge in [-0.1, -0.05) is 12.1 Å². The Morgan fingerprint density at radius 2 is 1.90 bits per heavy atom. The largest absolute Gasteiger partial charge is 0.508 e. The lowest BCUT2D eigenvalue weighted by Gasteiger charge is -2.06. The van der Waals surface area contributed by atoms with E-state index in [4.69, 9.17) is 0 Å². The van der Waals surface area contributed by atoms with Crippen molar-refractivity contribution in [1.82, 2.24) is 0 Å². The molecule has 0 aromatic heterocycles. The summed E-state index contributed by atoms with van der Waals surface area (Å²) in [4.78, 5) is 11.8. The second kappa shape index (κ2) is 6.02. The summed E-state index contributed by atoms with van der Waals surface area (Å²) in [6, 6.07) is 10.6. The van der Waals surface area contributed by atoms with E-state index in [0.717, 1.165) is 11.1 Å². The fourth-order valence-electron chi connectivity index (χ4n) is 1.71. The number of benzene rings is 2. The van der Waals surface area contributed by atoms with E-state index in [9.17, 15) is 14.3 Å². The summed E-state index contributed by atoms with van der Waals surface area (Å²) in [5, 5.41) is 12.0. The summed E-state index contributed by atoms with van der Waals surface area (Å²) in [7, 11) is 0. The molecule has 4 heteroatoms. The number of anilines is 1. The molecule has 3 nitrogen and oxygen atoms in total. The molecule has 102 valence electrons. The number of phenolic OH excluding ortho intramolecular Hbond substituents is 1. The molecule has 0 unspecified atom stereocenters. The maximum atomic E-state index is 12.7. The Labute approximate surface area is 116 Å². The molecule has 0 saturated heterocycles. The van der Waals surface area contributed by atoms with Crippen molar-refractivity contribution < 1.29 is 14.3 Å². The SMILES string of the molecule is Cc1cc(O)ccc1NC(=O)/C=C/c1ccc(F)cc1. The first-order valence-electron chi connectivity index (χ1n) is 6.09. The van der Waals surface area contributed by atoms with Gasteiger partial charge in [0.25, 0.3) is 0 Å².